The van der Waals surface area contributed by atoms with Crippen molar-refractivity contribution in [1.29, 1.82) is 0 Å². The Balaban J connectivity index is 0.00000324. The highest BCUT2D eigenvalue weighted by molar-refractivity contribution is 5.75. The summed E-state index contributed by atoms with van der Waals surface area (Å²) < 4.78 is 0. The second-order valence-corrected chi connectivity index (χ2v) is 4.75. The quantitative estimate of drug-likeness (QED) is 0.485. The molecule has 1 heteroatoms. The maximum Gasteiger partial charge on any atom is 0.129 e. The van der Waals surface area contributed by atoms with Gasteiger partial charge in [0.05, 0.1) is 0 Å². The summed E-state index contributed by atoms with van der Waals surface area (Å²) in [5.74, 6) is 0.275. The van der Waals surface area contributed by atoms with Crippen molar-refractivity contribution in [3.05, 3.63) is 53.6 Å². The van der Waals surface area contributed by atoms with Crippen molar-refractivity contribution in [3.8, 4) is 0 Å². The van der Waals surface area contributed by atoms with Gasteiger partial charge in [-0.25, -0.2) is 0 Å². The Bertz CT molecular complexity index is 432. The minimum atomic E-state index is 0. The SMILES string of the molecule is C=C(CCCCC(C)=O)/C(C)=C/c1ccccc1.[HH]. The van der Waals surface area contributed by atoms with Crippen LogP contribution in [-0.4, -0.2) is 5.78 Å². The van der Waals surface area contributed by atoms with E-state index in [0.717, 1.165) is 19.3 Å². The van der Waals surface area contributed by atoms with E-state index in [4.69, 9.17) is 0 Å². The number of carbonyl (C=O) groups excluding carboxylic acids is 1. The summed E-state index contributed by atoms with van der Waals surface area (Å²) in [4.78, 5) is 10.8. The zero-order valence-electron chi connectivity index (χ0n) is 11.4. The Labute approximate surface area is 112 Å². The molecule has 0 aliphatic rings. The van der Waals surface area contributed by atoms with Crippen LogP contribution < -0.4 is 0 Å². The molecule has 1 rings (SSSR count). The van der Waals surface area contributed by atoms with Gasteiger partial charge >= 0.3 is 0 Å². The zero-order valence-corrected chi connectivity index (χ0v) is 11.4. The summed E-state index contributed by atoms with van der Waals surface area (Å²) in [5.41, 5.74) is 3.60. The van der Waals surface area contributed by atoms with Gasteiger partial charge in [-0.15, -0.1) is 0 Å². The highest BCUT2D eigenvalue weighted by Crippen LogP contribution is 2.18. The zero-order chi connectivity index (χ0) is 13.4. The predicted octanol–water partition coefficient (Wildman–Crippen LogP) is 5.04. The number of benzene rings is 1. The van der Waals surface area contributed by atoms with E-state index in [2.05, 4.69) is 31.7 Å². The van der Waals surface area contributed by atoms with Crippen LogP contribution in [-0.2, 0) is 4.79 Å². The Morgan fingerprint density at radius 2 is 1.78 bits per heavy atom. The van der Waals surface area contributed by atoms with E-state index in [1.807, 2.05) is 18.2 Å². The minimum Gasteiger partial charge on any atom is -0.300 e. The lowest BCUT2D eigenvalue weighted by molar-refractivity contribution is -0.117. The molecule has 0 spiro atoms. The van der Waals surface area contributed by atoms with Crippen molar-refractivity contribution in [2.45, 2.75) is 39.5 Å². The molecule has 0 saturated carbocycles. The molecular formula is C17H24O. The van der Waals surface area contributed by atoms with Crippen LogP contribution in [0.5, 0.6) is 0 Å². The summed E-state index contributed by atoms with van der Waals surface area (Å²) in [6, 6.07) is 10.3. The standard InChI is InChI=1S/C17H22O.H2/c1-14(9-7-8-10-16(3)18)15(2)13-17-11-5-4-6-12-17;/h4-6,11-13H,1,7-10H2,2-3H3;1H/b15-13+;. The summed E-state index contributed by atoms with van der Waals surface area (Å²) in [5, 5.41) is 0. The Morgan fingerprint density at radius 3 is 2.39 bits per heavy atom. The van der Waals surface area contributed by atoms with Crippen LogP contribution >= 0.6 is 0 Å². The van der Waals surface area contributed by atoms with Crippen molar-refractivity contribution in [2.75, 3.05) is 0 Å². The first-order chi connectivity index (χ1) is 8.59. The minimum absolute atomic E-state index is 0. The van der Waals surface area contributed by atoms with Crippen LogP contribution in [0.3, 0.4) is 0 Å². The molecule has 0 unspecified atom stereocenters. The summed E-state index contributed by atoms with van der Waals surface area (Å²) >= 11 is 0. The van der Waals surface area contributed by atoms with Crippen LogP contribution in [0.2, 0.25) is 0 Å². The van der Waals surface area contributed by atoms with Gasteiger partial charge in [0.25, 0.3) is 0 Å². The Hall–Kier alpha value is -1.63. The van der Waals surface area contributed by atoms with Gasteiger partial charge in [-0.2, -0.15) is 0 Å². The first kappa shape index (κ1) is 14.4. The molecule has 0 radical (unpaired) electrons. The summed E-state index contributed by atoms with van der Waals surface area (Å²) in [6.45, 7) is 7.86. The van der Waals surface area contributed by atoms with Gasteiger partial charge in [-0.1, -0.05) is 48.6 Å². The van der Waals surface area contributed by atoms with Crippen molar-refractivity contribution in [1.82, 2.24) is 0 Å². The number of allylic oxidation sites excluding steroid dienone is 2. The van der Waals surface area contributed by atoms with Crippen molar-refractivity contribution in [2.24, 2.45) is 0 Å². The Morgan fingerprint density at radius 1 is 1.17 bits per heavy atom. The number of Topliss-reactive ketones (excluding diaryl/α,β-unsaturated/α-hetero) is 1. The van der Waals surface area contributed by atoms with E-state index in [0.29, 0.717) is 6.42 Å². The van der Waals surface area contributed by atoms with E-state index in [1.165, 1.54) is 16.7 Å². The molecule has 0 atom stereocenters. The van der Waals surface area contributed by atoms with E-state index in [-0.39, 0.29) is 7.21 Å². The molecule has 0 saturated heterocycles. The van der Waals surface area contributed by atoms with Crippen molar-refractivity contribution >= 4 is 11.9 Å². The second-order valence-electron chi connectivity index (χ2n) is 4.75. The lowest BCUT2D eigenvalue weighted by Gasteiger charge is -2.06. The smallest absolute Gasteiger partial charge is 0.129 e. The average Bonchev–Trinajstić information content (AvgIpc) is 2.35. The molecule has 0 aromatic heterocycles. The molecule has 1 aromatic carbocycles. The van der Waals surface area contributed by atoms with Gasteiger partial charge in [0.2, 0.25) is 0 Å². The highest BCUT2D eigenvalue weighted by atomic mass is 16.1. The van der Waals surface area contributed by atoms with Gasteiger partial charge in [0.15, 0.2) is 0 Å². The molecule has 0 amide bonds. The fraction of sp³-hybridized carbons (Fsp3) is 0.353. The second kappa shape index (κ2) is 7.65. The van der Waals surface area contributed by atoms with Crippen LogP contribution in [0.4, 0.5) is 0 Å². The number of rotatable bonds is 7. The van der Waals surface area contributed by atoms with Crippen molar-refractivity contribution in [3.63, 3.8) is 0 Å². The van der Waals surface area contributed by atoms with Gasteiger partial charge in [0, 0.05) is 7.85 Å². The van der Waals surface area contributed by atoms with Gasteiger partial charge in [-0.05, 0) is 44.2 Å². The lowest BCUT2D eigenvalue weighted by atomic mass is 10.00. The third kappa shape index (κ3) is 5.62. The molecule has 98 valence electrons. The summed E-state index contributed by atoms with van der Waals surface area (Å²) in [7, 11) is 0. The average molecular weight is 244 g/mol. The Kier molecular flexibility index (Phi) is 6.13. The maximum absolute atomic E-state index is 10.8. The number of hydrogen-bond acceptors (Lipinski definition) is 1. The third-order valence-corrected chi connectivity index (χ3v) is 3.00. The first-order valence-electron chi connectivity index (χ1n) is 6.50. The third-order valence-electron chi connectivity index (χ3n) is 3.00. The normalized spacial score (nSPS) is 11.3. The topological polar surface area (TPSA) is 17.1 Å². The molecule has 18 heavy (non-hydrogen) atoms. The van der Waals surface area contributed by atoms with Crippen LogP contribution in [0.25, 0.3) is 6.08 Å². The monoisotopic (exact) mass is 244 g/mol. The maximum atomic E-state index is 10.8. The molecule has 0 N–H and O–H groups in total. The molecule has 0 aliphatic heterocycles. The van der Waals surface area contributed by atoms with Crippen LogP contribution in [0.15, 0.2) is 48.1 Å². The van der Waals surface area contributed by atoms with Gasteiger partial charge in [-0.3, -0.25) is 0 Å². The largest absolute Gasteiger partial charge is 0.300 e. The number of ketones is 1. The predicted molar refractivity (Wildman–Crippen MR) is 80.5 cm³/mol. The highest BCUT2D eigenvalue weighted by Gasteiger charge is 1.99. The molecule has 1 nitrogen and oxygen atoms in total. The van der Waals surface area contributed by atoms with Gasteiger partial charge < -0.3 is 4.79 Å². The molecule has 0 fully saturated rings. The fourth-order valence-corrected chi connectivity index (χ4v) is 1.81. The molecule has 0 aliphatic carbocycles. The molecular weight excluding hydrogens is 220 g/mol. The molecule has 0 bridgehead atoms. The van der Waals surface area contributed by atoms with E-state index in [9.17, 15) is 4.79 Å². The van der Waals surface area contributed by atoms with Crippen LogP contribution in [0.1, 0.15) is 46.5 Å². The van der Waals surface area contributed by atoms with E-state index in [1.54, 1.807) is 6.92 Å². The molecule has 1 aromatic rings. The van der Waals surface area contributed by atoms with Crippen molar-refractivity contribution < 1.29 is 6.22 Å². The summed E-state index contributed by atoms with van der Waals surface area (Å²) in [6.07, 6.45) is 5.83. The fourth-order valence-electron chi connectivity index (χ4n) is 1.81. The number of carbonyl (C=O) groups is 1. The van der Waals surface area contributed by atoms with Crippen LogP contribution in [0, 0.1) is 0 Å². The lowest BCUT2D eigenvalue weighted by Crippen LogP contribution is -1.91. The number of hydrogen-bond donors (Lipinski definition) is 0. The molecule has 0 heterocycles. The number of unbranched alkanes of at least 4 members (excludes halogenated alkanes) is 1. The van der Waals surface area contributed by atoms with E-state index < -0.39 is 0 Å². The van der Waals surface area contributed by atoms with E-state index >= 15 is 0 Å². The van der Waals surface area contributed by atoms with Gasteiger partial charge in [0.1, 0.15) is 5.78 Å². The first-order valence-corrected chi connectivity index (χ1v) is 6.50.